The quantitative estimate of drug-likeness (QED) is 0.460. The normalized spacial score (nSPS) is 10.2. The molecular weight excluding hydrogens is 298 g/mol. The molecule has 0 amide bonds. The van der Waals surface area contributed by atoms with E-state index in [-0.39, 0.29) is 11.0 Å². The Hall–Kier alpha value is -2.41. The summed E-state index contributed by atoms with van der Waals surface area (Å²) in [4.78, 5) is 17.6. The summed E-state index contributed by atoms with van der Waals surface area (Å²) < 4.78 is 10.8. The highest BCUT2D eigenvalue weighted by Crippen LogP contribution is 2.33. The van der Waals surface area contributed by atoms with E-state index in [1.807, 2.05) is 6.92 Å². The van der Waals surface area contributed by atoms with Crippen molar-refractivity contribution in [1.82, 2.24) is 9.97 Å². The lowest BCUT2D eigenvalue weighted by atomic mass is 10.3. The molecule has 0 aliphatic heterocycles. The lowest BCUT2D eigenvalue weighted by molar-refractivity contribution is -0.386. The standard InChI is InChI=1S/C13H12ClN3O4/c1-2-7-20-9-3-5-10(6-4-9)21-13-11(17(18)19)12(14)15-8-16-13/h3-6,8H,2,7H2,1H3. The highest BCUT2D eigenvalue weighted by molar-refractivity contribution is 6.31. The summed E-state index contributed by atoms with van der Waals surface area (Å²) in [5, 5.41) is 10.7. The minimum absolute atomic E-state index is 0.206. The van der Waals surface area contributed by atoms with Crippen molar-refractivity contribution >= 4 is 17.3 Å². The molecule has 0 unspecified atom stereocenters. The van der Waals surface area contributed by atoms with Gasteiger partial charge in [-0.3, -0.25) is 10.1 Å². The second kappa shape index (κ2) is 6.85. The fourth-order valence-corrected chi connectivity index (χ4v) is 1.70. The van der Waals surface area contributed by atoms with Gasteiger partial charge in [0.1, 0.15) is 17.8 Å². The van der Waals surface area contributed by atoms with Crippen molar-refractivity contribution in [3.8, 4) is 17.4 Å². The number of aromatic nitrogens is 2. The summed E-state index contributed by atoms with van der Waals surface area (Å²) in [5.74, 6) is 0.873. The Bertz CT molecular complexity index is 634. The maximum atomic E-state index is 10.9. The van der Waals surface area contributed by atoms with Gasteiger partial charge in [-0.1, -0.05) is 18.5 Å². The summed E-state index contributed by atoms with van der Waals surface area (Å²) in [6.45, 7) is 2.63. The third kappa shape index (κ3) is 3.79. The number of nitrogens with zero attached hydrogens (tertiary/aromatic N) is 3. The van der Waals surface area contributed by atoms with E-state index in [1.54, 1.807) is 24.3 Å². The van der Waals surface area contributed by atoms with Crippen molar-refractivity contribution in [2.24, 2.45) is 0 Å². The number of halogens is 1. The van der Waals surface area contributed by atoms with Crippen LogP contribution >= 0.6 is 11.6 Å². The third-order valence-corrected chi connectivity index (χ3v) is 2.71. The number of hydrogen-bond acceptors (Lipinski definition) is 6. The average Bonchev–Trinajstić information content (AvgIpc) is 2.46. The fourth-order valence-electron chi connectivity index (χ4n) is 1.51. The first-order valence-electron chi connectivity index (χ1n) is 6.17. The molecule has 1 heterocycles. The van der Waals surface area contributed by atoms with Crippen LogP contribution in [-0.2, 0) is 0 Å². The number of nitro groups is 1. The largest absolute Gasteiger partial charge is 0.494 e. The third-order valence-electron chi connectivity index (χ3n) is 2.44. The highest BCUT2D eigenvalue weighted by atomic mass is 35.5. The zero-order chi connectivity index (χ0) is 15.2. The molecule has 7 nitrogen and oxygen atoms in total. The summed E-state index contributed by atoms with van der Waals surface area (Å²) in [5.41, 5.74) is -0.467. The van der Waals surface area contributed by atoms with E-state index < -0.39 is 10.6 Å². The molecule has 21 heavy (non-hydrogen) atoms. The Balaban J connectivity index is 2.19. The van der Waals surface area contributed by atoms with Crippen LogP contribution < -0.4 is 9.47 Å². The van der Waals surface area contributed by atoms with Crippen molar-refractivity contribution in [2.45, 2.75) is 13.3 Å². The van der Waals surface area contributed by atoms with Gasteiger partial charge in [0.2, 0.25) is 5.15 Å². The van der Waals surface area contributed by atoms with Crippen LogP contribution in [0.4, 0.5) is 5.69 Å². The maximum absolute atomic E-state index is 10.9. The lowest BCUT2D eigenvalue weighted by Gasteiger charge is -2.07. The summed E-state index contributed by atoms with van der Waals surface area (Å²) in [6.07, 6.45) is 2.01. The van der Waals surface area contributed by atoms with Gasteiger partial charge in [0.05, 0.1) is 11.5 Å². The molecule has 0 N–H and O–H groups in total. The van der Waals surface area contributed by atoms with Crippen molar-refractivity contribution in [2.75, 3.05) is 6.61 Å². The van der Waals surface area contributed by atoms with E-state index in [0.717, 1.165) is 12.7 Å². The van der Waals surface area contributed by atoms with Crippen LogP contribution in [-0.4, -0.2) is 21.5 Å². The van der Waals surface area contributed by atoms with Gasteiger partial charge in [0.15, 0.2) is 0 Å². The molecule has 0 bridgehead atoms. The molecule has 0 saturated carbocycles. The number of ether oxygens (including phenoxy) is 2. The molecule has 0 spiro atoms. The first kappa shape index (κ1) is 15.0. The van der Waals surface area contributed by atoms with Crippen LogP contribution in [0, 0.1) is 10.1 Å². The molecule has 0 saturated heterocycles. The van der Waals surface area contributed by atoms with Crippen LogP contribution in [0.3, 0.4) is 0 Å². The first-order chi connectivity index (χ1) is 10.1. The Morgan fingerprint density at radius 2 is 1.90 bits per heavy atom. The van der Waals surface area contributed by atoms with Gasteiger partial charge in [-0.05, 0) is 30.7 Å². The summed E-state index contributed by atoms with van der Waals surface area (Å²) in [6, 6.07) is 6.68. The maximum Gasteiger partial charge on any atom is 0.368 e. The van der Waals surface area contributed by atoms with Crippen LogP contribution in [0.1, 0.15) is 13.3 Å². The summed E-state index contributed by atoms with van der Waals surface area (Å²) in [7, 11) is 0. The van der Waals surface area contributed by atoms with Crippen molar-refractivity contribution in [1.29, 1.82) is 0 Å². The van der Waals surface area contributed by atoms with E-state index in [1.165, 1.54) is 0 Å². The van der Waals surface area contributed by atoms with Crippen molar-refractivity contribution in [3.63, 3.8) is 0 Å². The van der Waals surface area contributed by atoms with Crippen LogP contribution in [0.2, 0.25) is 5.15 Å². The lowest BCUT2D eigenvalue weighted by Crippen LogP contribution is -1.98. The van der Waals surface area contributed by atoms with E-state index in [2.05, 4.69) is 9.97 Å². The molecule has 110 valence electrons. The van der Waals surface area contributed by atoms with E-state index >= 15 is 0 Å². The monoisotopic (exact) mass is 309 g/mol. The topological polar surface area (TPSA) is 87.4 Å². The smallest absolute Gasteiger partial charge is 0.368 e. The van der Waals surface area contributed by atoms with E-state index in [9.17, 15) is 10.1 Å². The minimum Gasteiger partial charge on any atom is -0.494 e. The number of hydrogen-bond donors (Lipinski definition) is 0. The molecule has 0 atom stereocenters. The number of rotatable bonds is 6. The molecule has 0 aliphatic rings. The van der Waals surface area contributed by atoms with E-state index in [4.69, 9.17) is 21.1 Å². The Kier molecular flexibility index (Phi) is 4.89. The van der Waals surface area contributed by atoms with Gasteiger partial charge < -0.3 is 9.47 Å². The number of benzene rings is 1. The predicted octanol–water partition coefficient (Wildman–Crippen LogP) is 3.62. The zero-order valence-corrected chi connectivity index (χ0v) is 11.9. The molecular formula is C13H12ClN3O4. The molecule has 2 rings (SSSR count). The Morgan fingerprint density at radius 3 is 2.52 bits per heavy atom. The predicted molar refractivity (Wildman–Crippen MR) is 76.0 cm³/mol. The van der Waals surface area contributed by atoms with Gasteiger partial charge >= 0.3 is 11.6 Å². The second-order valence-corrected chi connectivity index (χ2v) is 4.36. The molecule has 1 aromatic carbocycles. The first-order valence-corrected chi connectivity index (χ1v) is 6.55. The molecule has 2 aromatic rings. The van der Waals surface area contributed by atoms with Gasteiger partial charge in [-0.2, -0.15) is 4.98 Å². The second-order valence-electron chi connectivity index (χ2n) is 4.00. The van der Waals surface area contributed by atoms with Crippen molar-refractivity contribution < 1.29 is 14.4 Å². The molecule has 0 radical (unpaired) electrons. The minimum atomic E-state index is -0.684. The molecule has 8 heteroatoms. The van der Waals surface area contributed by atoms with Gasteiger partial charge in [-0.25, -0.2) is 4.98 Å². The van der Waals surface area contributed by atoms with Crippen LogP contribution in [0.5, 0.6) is 17.4 Å². The van der Waals surface area contributed by atoms with Crippen LogP contribution in [0.15, 0.2) is 30.6 Å². The van der Waals surface area contributed by atoms with Crippen molar-refractivity contribution in [3.05, 3.63) is 45.9 Å². The highest BCUT2D eigenvalue weighted by Gasteiger charge is 2.23. The Morgan fingerprint density at radius 1 is 1.24 bits per heavy atom. The van der Waals surface area contributed by atoms with Crippen LogP contribution in [0.25, 0.3) is 0 Å². The average molecular weight is 310 g/mol. The molecule has 1 aromatic heterocycles. The zero-order valence-electron chi connectivity index (χ0n) is 11.2. The summed E-state index contributed by atoms with van der Waals surface area (Å²) >= 11 is 5.68. The fraction of sp³-hybridized carbons (Fsp3) is 0.231. The Labute approximate surface area is 125 Å². The van der Waals surface area contributed by atoms with Gasteiger partial charge in [0, 0.05) is 0 Å². The van der Waals surface area contributed by atoms with E-state index in [0.29, 0.717) is 18.1 Å². The molecule has 0 fully saturated rings. The van der Waals surface area contributed by atoms with Gasteiger partial charge in [-0.15, -0.1) is 0 Å². The van der Waals surface area contributed by atoms with Gasteiger partial charge in [0.25, 0.3) is 0 Å². The molecule has 0 aliphatic carbocycles. The SMILES string of the molecule is CCCOc1ccc(Oc2ncnc(Cl)c2[N+](=O)[O-])cc1.